The number of carbonyl (C=O) groups is 1. The van der Waals surface area contributed by atoms with Crippen LogP contribution in [0, 0.1) is 0 Å². The van der Waals surface area contributed by atoms with Crippen LogP contribution in [0.4, 0.5) is 0 Å². The smallest absolute Gasteiger partial charge is 0.246 e. The van der Waals surface area contributed by atoms with Crippen molar-refractivity contribution in [1.82, 2.24) is 14.8 Å². The Kier molecular flexibility index (Phi) is 4.57. The van der Waals surface area contributed by atoms with Crippen molar-refractivity contribution in [3.8, 4) is 11.3 Å². The zero-order chi connectivity index (χ0) is 17.8. The monoisotopic (exact) mass is 360 g/mol. The topological polar surface area (TPSA) is 58.8 Å². The van der Waals surface area contributed by atoms with Gasteiger partial charge in [0.15, 0.2) is 4.96 Å². The highest BCUT2D eigenvalue weighted by Gasteiger charge is 2.12. The largest absolute Gasteiger partial charge is 0.294 e. The molecule has 0 radical (unpaired) electrons. The molecular weight excluding hydrogens is 344 g/mol. The molecule has 0 saturated carbocycles. The van der Waals surface area contributed by atoms with E-state index in [0.29, 0.717) is 0 Å². The third kappa shape index (κ3) is 3.55. The van der Waals surface area contributed by atoms with Gasteiger partial charge in [-0.15, -0.1) is 11.3 Å². The van der Waals surface area contributed by atoms with Gasteiger partial charge in [0.1, 0.15) is 0 Å². The predicted octanol–water partition coefficient (Wildman–Crippen LogP) is 3.76. The van der Waals surface area contributed by atoms with E-state index < -0.39 is 0 Å². The molecular formula is C20H16N4OS. The van der Waals surface area contributed by atoms with Gasteiger partial charge in [-0.3, -0.25) is 9.20 Å². The number of fused-ring (bicyclic) bond motifs is 1. The average Bonchev–Trinajstić information content (AvgIpc) is 3.25. The molecule has 0 fully saturated rings. The Morgan fingerprint density at radius 3 is 2.62 bits per heavy atom. The van der Waals surface area contributed by atoms with E-state index in [-0.39, 0.29) is 12.3 Å². The van der Waals surface area contributed by atoms with Crippen LogP contribution in [-0.2, 0) is 11.2 Å². The third-order valence-electron chi connectivity index (χ3n) is 3.90. The number of hydrogen-bond donors (Lipinski definition) is 1. The fraction of sp³-hybridized carbons (Fsp3) is 0.0500. The summed E-state index contributed by atoms with van der Waals surface area (Å²) in [4.78, 5) is 17.7. The number of nitrogens with zero attached hydrogens (tertiary/aromatic N) is 3. The molecule has 0 aliphatic heterocycles. The fourth-order valence-electron chi connectivity index (χ4n) is 2.63. The van der Waals surface area contributed by atoms with Crippen molar-refractivity contribution in [3.63, 3.8) is 0 Å². The number of hydrogen-bond acceptors (Lipinski definition) is 4. The number of benzene rings is 2. The normalized spacial score (nSPS) is 11.2. The number of nitrogens with one attached hydrogen (secondary N) is 1. The molecule has 2 heterocycles. The summed E-state index contributed by atoms with van der Waals surface area (Å²) in [6.07, 6.45) is 3.85. The van der Waals surface area contributed by atoms with E-state index in [1.165, 1.54) is 11.3 Å². The van der Waals surface area contributed by atoms with Gasteiger partial charge in [-0.05, 0) is 5.56 Å². The zero-order valence-corrected chi connectivity index (χ0v) is 14.7. The standard InChI is InChI=1S/C20H16N4OS/c25-19(23-21-12-15-7-3-1-4-8-15)11-17-14-26-20-22-18(13-24(17)20)16-9-5-2-6-10-16/h1-10,12-14H,11H2,(H,23,25)/b21-12+. The van der Waals surface area contributed by atoms with Crippen molar-refractivity contribution >= 4 is 28.4 Å². The van der Waals surface area contributed by atoms with Crippen molar-refractivity contribution in [3.05, 3.63) is 83.5 Å². The lowest BCUT2D eigenvalue weighted by molar-refractivity contribution is -0.120. The number of thiazole rings is 1. The van der Waals surface area contributed by atoms with Gasteiger partial charge in [0, 0.05) is 22.8 Å². The molecule has 0 bridgehead atoms. The van der Waals surface area contributed by atoms with Crippen molar-refractivity contribution < 1.29 is 4.79 Å². The van der Waals surface area contributed by atoms with Crippen LogP contribution >= 0.6 is 11.3 Å². The number of rotatable bonds is 5. The first kappa shape index (κ1) is 16.2. The summed E-state index contributed by atoms with van der Waals surface area (Å²) in [6.45, 7) is 0. The van der Waals surface area contributed by atoms with Gasteiger partial charge < -0.3 is 0 Å². The molecule has 1 N–H and O–H groups in total. The second kappa shape index (κ2) is 7.33. The first-order valence-electron chi connectivity index (χ1n) is 8.17. The van der Waals surface area contributed by atoms with E-state index in [2.05, 4.69) is 15.5 Å². The lowest BCUT2D eigenvalue weighted by Crippen LogP contribution is -2.20. The van der Waals surface area contributed by atoms with Gasteiger partial charge in [-0.25, -0.2) is 10.4 Å². The van der Waals surface area contributed by atoms with Crippen molar-refractivity contribution in [2.45, 2.75) is 6.42 Å². The molecule has 0 aliphatic rings. The van der Waals surface area contributed by atoms with Crippen LogP contribution in [0.3, 0.4) is 0 Å². The lowest BCUT2D eigenvalue weighted by atomic mass is 10.2. The van der Waals surface area contributed by atoms with E-state index in [4.69, 9.17) is 0 Å². The van der Waals surface area contributed by atoms with Crippen LogP contribution in [0.2, 0.25) is 0 Å². The highest BCUT2D eigenvalue weighted by Crippen LogP contribution is 2.23. The molecule has 0 unspecified atom stereocenters. The van der Waals surface area contributed by atoms with Gasteiger partial charge in [-0.1, -0.05) is 60.7 Å². The van der Waals surface area contributed by atoms with Crippen LogP contribution < -0.4 is 5.43 Å². The maximum Gasteiger partial charge on any atom is 0.246 e. The number of amides is 1. The summed E-state index contributed by atoms with van der Waals surface area (Å²) in [7, 11) is 0. The molecule has 0 saturated heterocycles. The Labute approximate surface area is 154 Å². The minimum absolute atomic E-state index is 0.160. The second-order valence-electron chi connectivity index (χ2n) is 5.75. The van der Waals surface area contributed by atoms with E-state index in [9.17, 15) is 4.79 Å². The maximum atomic E-state index is 12.2. The molecule has 26 heavy (non-hydrogen) atoms. The quantitative estimate of drug-likeness (QED) is 0.435. The molecule has 128 valence electrons. The van der Waals surface area contributed by atoms with Crippen LogP contribution in [0.5, 0.6) is 0 Å². The number of aromatic nitrogens is 2. The van der Waals surface area contributed by atoms with Gasteiger partial charge in [-0.2, -0.15) is 5.10 Å². The summed E-state index contributed by atoms with van der Waals surface area (Å²) < 4.78 is 1.97. The summed E-state index contributed by atoms with van der Waals surface area (Å²) in [5.74, 6) is -0.160. The van der Waals surface area contributed by atoms with E-state index in [0.717, 1.165) is 27.5 Å². The Morgan fingerprint density at radius 2 is 1.85 bits per heavy atom. The molecule has 4 rings (SSSR count). The highest BCUT2D eigenvalue weighted by atomic mass is 32.1. The predicted molar refractivity (Wildman–Crippen MR) is 104 cm³/mol. The Hall–Kier alpha value is -3.25. The molecule has 0 aliphatic carbocycles. The molecule has 0 spiro atoms. The molecule has 1 amide bonds. The van der Waals surface area contributed by atoms with Crippen molar-refractivity contribution in [2.24, 2.45) is 5.10 Å². The SMILES string of the molecule is O=C(Cc1csc2nc(-c3ccccc3)cn12)N/N=C/c1ccccc1. The van der Waals surface area contributed by atoms with Crippen LogP contribution in [0.15, 0.2) is 77.3 Å². The van der Waals surface area contributed by atoms with Crippen molar-refractivity contribution in [1.29, 1.82) is 0 Å². The fourth-order valence-corrected chi connectivity index (χ4v) is 3.50. The van der Waals surface area contributed by atoms with Crippen molar-refractivity contribution in [2.75, 3.05) is 0 Å². The zero-order valence-electron chi connectivity index (χ0n) is 13.9. The molecule has 2 aromatic heterocycles. The minimum atomic E-state index is -0.160. The number of hydrazone groups is 1. The Bertz CT molecular complexity index is 1050. The summed E-state index contributed by atoms with van der Waals surface area (Å²) >= 11 is 1.53. The molecule has 2 aromatic carbocycles. The maximum absolute atomic E-state index is 12.2. The summed E-state index contributed by atoms with van der Waals surface area (Å²) in [5.41, 5.74) is 6.37. The molecule has 4 aromatic rings. The summed E-state index contributed by atoms with van der Waals surface area (Å²) in [5, 5.41) is 5.96. The van der Waals surface area contributed by atoms with Gasteiger partial charge in [0.2, 0.25) is 5.91 Å². The van der Waals surface area contributed by atoms with E-state index in [1.807, 2.05) is 76.6 Å². The lowest BCUT2D eigenvalue weighted by Gasteiger charge is -1.99. The van der Waals surface area contributed by atoms with E-state index >= 15 is 0 Å². The first-order chi connectivity index (χ1) is 12.8. The van der Waals surface area contributed by atoms with Crippen LogP contribution in [0.1, 0.15) is 11.3 Å². The van der Waals surface area contributed by atoms with Crippen LogP contribution in [0.25, 0.3) is 16.2 Å². The number of carbonyl (C=O) groups excluding carboxylic acids is 1. The average molecular weight is 360 g/mol. The second-order valence-corrected chi connectivity index (χ2v) is 6.59. The van der Waals surface area contributed by atoms with E-state index in [1.54, 1.807) is 6.21 Å². The van der Waals surface area contributed by atoms with Gasteiger partial charge in [0.05, 0.1) is 18.3 Å². The Morgan fingerprint density at radius 1 is 1.12 bits per heavy atom. The molecule has 0 atom stereocenters. The number of imidazole rings is 1. The first-order valence-corrected chi connectivity index (χ1v) is 9.05. The van der Waals surface area contributed by atoms with Gasteiger partial charge in [0.25, 0.3) is 0 Å². The minimum Gasteiger partial charge on any atom is -0.294 e. The molecule has 6 heteroatoms. The summed E-state index contributed by atoms with van der Waals surface area (Å²) in [6, 6.07) is 19.6. The highest BCUT2D eigenvalue weighted by molar-refractivity contribution is 7.15. The molecule has 5 nitrogen and oxygen atoms in total. The van der Waals surface area contributed by atoms with Gasteiger partial charge >= 0.3 is 0 Å². The third-order valence-corrected chi connectivity index (χ3v) is 4.79. The Balaban J connectivity index is 1.46. The van der Waals surface area contributed by atoms with Crippen LogP contribution in [-0.4, -0.2) is 21.5 Å².